The molecule has 0 saturated carbocycles. The molecule has 1 aromatic heterocycles. The number of nitrogens with two attached hydrogens (primary N) is 1. The van der Waals surface area contributed by atoms with E-state index in [9.17, 15) is 9.59 Å². The Kier molecular flexibility index (Phi) is 8.96. The molecule has 0 aliphatic rings. The van der Waals surface area contributed by atoms with Gasteiger partial charge in [0.25, 0.3) is 0 Å². The zero-order chi connectivity index (χ0) is 25.5. The number of nitrogens with one attached hydrogen (secondary N) is 2. The van der Waals surface area contributed by atoms with E-state index in [1.54, 1.807) is 4.90 Å². The van der Waals surface area contributed by atoms with Gasteiger partial charge in [-0.3, -0.25) is 9.59 Å². The highest BCUT2D eigenvalue weighted by Crippen LogP contribution is 2.32. The van der Waals surface area contributed by atoms with Crippen molar-refractivity contribution in [3.05, 3.63) is 105 Å². The van der Waals surface area contributed by atoms with Gasteiger partial charge in [0, 0.05) is 52.1 Å². The van der Waals surface area contributed by atoms with Crippen molar-refractivity contribution in [3.63, 3.8) is 0 Å². The largest absolute Gasteiger partial charge is 0.361 e. The number of H-pyrrole nitrogens is 1. The molecule has 4 aromatic rings. The van der Waals surface area contributed by atoms with E-state index in [1.807, 2.05) is 72.9 Å². The van der Waals surface area contributed by atoms with Gasteiger partial charge in [-0.25, -0.2) is 0 Å². The predicted octanol–water partition coefficient (Wildman–Crippen LogP) is 5.47. The molecular weight excluding hydrogens is 584 g/mol. The monoisotopic (exact) mass is 610 g/mol. The van der Waals surface area contributed by atoms with Crippen molar-refractivity contribution in [1.29, 1.82) is 0 Å². The summed E-state index contributed by atoms with van der Waals surface area (Å²) in [6, 6.07) is 22.6. The number of para-hydroxylation sites is 1. The fourth-order valence-electron chi connectivity index (χ4n) is 4.30. The lowest BCUT2D eigenvalue weighted by Crippen LogP contribution is -2.45. The number of hydrogen-bond donors (Lipinski definition) is 3. The van der Waals surface area contributed by atoms with E-state index in [2.05, 4.69) is 48.2 Å². The summed E-state index contributed by atoms with van der Waals surface area (Å²) in [6.07, 6.45) is 2.72. The molecule has 2 amide bonds. The number of hydrogen-bond acceptors (Lipinski definition) is 3. The van der Waals surface area contributed by atoms with Crippen LogP contribution < -0.4 is 11.1 Å². The van der Waals surface area contributed by atoms with E-state index in [-0.39, 0.29) is 24.8 Å². The molecule has 1 heterocycles. The molecule has 0 bridgehead atoms. The average Bonchev–Trinajstić information content (AvgIpc) is 3.29. The van der Waals surface area contributed by atoms with Gasteiger partial charge in [-0.15, -0.1) is 0 Å². The summed E-state index contributed by atoms with van der Waals surface area (Å²) < 4.78 is 1.62. The first-order valence-electron chi connectivity index (χ1n) is 11.8. The first kappa shape index (κ1) is 26.1. The van der Waals surface area contributed by atoms with Crippen molar-refractivity contribution in [2.45, 2.75) is 25.4 Å². The molecular formula is C28H28Br2N4O2. The predicted molar refractivity (Wildman–Crippen MR) is 150 cm³/mol. The van der Waals surface area contributed by atoms with Gasteiger partial charge >= 0.3 is 0 Å². The summed E-state index contributed by atoms with van der Waals surface area (Å²) >= 11 is 7.10. The Hall–Kier alpha value is -2.94. The fraction of sp³-hybridized carbons (Fsp3) is 0.214. The standard InChI is InChI=1S/C28H28Br2N4O2/c29-21-10-11-23(24(30)16-21)27(28(36)33-17-19-6-2-1-3-7-19)34(26(35)12-14-31)15-13-20-18-32-25-9-5-4-8-22(20)25/h1-11,16,18,27,32H,12-15,17,31H2,(H,33,36). The topological polar surface area (TPSA) is 91.2 Å². The number of aromatic nitrogens is 1. The van der Waals surface area contributed by atoms with Crippen LogP contribution in [-0.2, 0) is 22.6 Å². The van der Waals surface area contributed by atoms with Crippen LogP contribution in [0, 0.1) is 0 Å². The van der Waals surface area contributed by atoms with E-state index in [0.717, 1.165) is 31.0 Å². The number of rotatable bonds is 10. The summed E-state index contributed by atoms with van der Waals surface area (Å²) in [4.78, 5) is 32.0. The van der Waals surface area contributed by atoms with Crippen LogP contribution in [-0.4, -0.2) is 34.8 Å². The summed E-state index contributed by atoms with van der Waals surface area (Å²) in [5.74, 6) is -0.404. The molecule has 0 radical (unpaired) electrons. The third-order valence-corrected chi connectivity index (χ3v) is 7.28. The molecule has 6 nitrogen and oxygen atoms in total. The Morgan fingerprint density at radius 1 is 1.00 bits per heavy atom. The lowest BCUT2D eigenvalue weighted by molar-refractivity contribution is -0.140. The Labute approximate surface area is 227 Å². The first-order valence-corrected chi connectivity index (χ1v) is 13.4. The summed E-state index contributed by atoms with van der Waals surface area (Å²) in [7, 11) is 0. The van der Waals surface area contributed by atoms with E-state index in [0.29, 0.717) is 25.1 Å². The van der Waals surface area contributed by atoms with E-state index in [1.165, 1.54) is 0 Å². The Bertz CT molecular complexity index is 1340. The molecule has 186 valence electrons. The molecule has 1 atom stereocenters. The normalized spacial score (nSPS) is 11.9. The Morgan fingerprint density at radius 2 is 1.75 bits per heavy atom. The van der Waals surface area contributed by atoms with Crippen LogP contribution in [0.15, 0.2) is 87.9 Å². The number of carbonyl (C=O) groups excluding carboxylic acids is 2. The van der Waals surface area contributed by atoms with Crippen LogP contribution in [0.3, 0.4) is 0 Å². The molecule has 3 aromatic carbocycles. The van der Waals surface area contributed by atoms with Crippen LogP contribution in [0.1, 0.15) is 29.2 Å². The second-order valence-corrected chi connectivity index (χ2v) is 10.3. The Morgan fingerprint density at radius 3 is 2.50 bits per heavy atom. The van der Waals surface area contributed by atoms with Gasteiger partial charge in [-0.1, -0.05) is 86.5 Å². The SMILES string of the molecule is NCCC(=O)N(CCc1c[nH]c2ccccc12)C(C(=O)NCc1ccccc1)c1ccc(Br)cc1Br. The lowest BCUT2D eigenvalue weighted by Gasteiger charge is -2.32. The molecule has 8 heteroatoms. The fourth-order valence-corrected chi connectivity index (χ4v) is 5.56. The molecule has 0 fully saturated rings. The maximum absolute atomic E-state index is 13.7. The molecule has 0 aliphatic carbocycles. The average molecular weight is 612 g/mol. The third-order valence-electron chi connectivity index (χ3n) is 6.10. The molecule has 1 unspecified atom stereocenters. The van der Waals surface area contributed by atoms with Crippen molar-refractivity contribution in [2.75, 3.05) is 13.1 Å². The molecule has 36 heavy (non-hydrogen) atoms. The highest BCUT2D eigenvalue weighted by molar-refractivity contribution is 9.11. The first-order chi connectivity index (χ1) is 17.5. The number of carbonyl (C=O) groups is 2. The van der Waals surface area contributed by atoms with Crippen molar-refractivity contribution < 1.29 is 9.59 Å². The van der Waals surface area contributed by atoms with Crippen LogP contribution >= 0.6 is 31.9 Å². The second-order valence-electron chi connectivity index (χ2n) is 8.51. The molecule has 0 aliphatic heterocycles. The lowest BCUT2D eigenvalue weighted by atomic mass is 10.0. The van der Waals surface area contributed by atoms with Crippen molar-refractivity contribution >= 4 is 54.6 Å². The van der Waals surface area contributed by atoms with Gasteiger partial charge in [0.1, 0.15) is 6.04 Å². The van der Waals surface area contributed by atoms with Crippen molar-refractivity contribution in [3.8, 4) is 0 Å². The molecule has 4 rings (SSSR count). The zero-order valence-corrected chi connectivity index (χ0v) is 22.9. The number of fused-ring (bicyclic) bond motifs is 1. The van der Waals surface area contributed by atoms with Gasteiger partial charge in [-0.2, -0.15) is 0 Å². The van der Waals surface area contributed by atoms with Crippen LogP contribution in [0.25, 0.3) is 10.9 Å². The minimum atomic E-state index is -0.819. The third kappa shape index (κ3) is 6.24. The van der Waals surface area contributed by atoms with Crippen LogP contribution in [0.2, 0.25) is 0 Å². The number of halogens is 2. The second kappa shape index (κ2) is 12.3. The zero-order valence-electron chi connectivity index (χ0n) is 19.7. The highest BCUT2D eigenvalue weighted by atomic mass is 79.9. The molecule has 4 N–H and O–H groups in total. The smallest absolute Gasteiger partial charge is 0.247 e. The molecule has 0 saturated heterocycles. The maximum Gasteiger partial charge on any atom is 0.247 e. The number of nitrogens with zero attached hydrogens (tertiary/aromatic N) is 1. The van der Waals surface area contributed by atoms with Gasteiger partial charge < -0.3 is 20.9 Å². The van der Waals surface area contributed by atoms with Crippen molar-refractivity contribution in [1.82, 2.24) is 15.2 Å². The summed E-state index contributed by atoms with van der Waals surface area (Å²) in [6.45, 7) is 0.945. The number of benzene rings is 3. The van der Waals surface area contributed by atoms with E-state index in [4.69, 9.17) is 5.73 Å². The van der Waals surface area contributed by atoms with Crippen LogP contribution in [0.5, 0.6) is 0 Å². The molecule has 0 spiro atoms. The quantitative estimate of drug-likeness (QED) is 0.222. The van der Waals surface area contributed by atoms with Gasteiger partial charge in [0.05, 0.1) is 0 Å². The maximum atomic E-state index is 13.7. The summed E-state index contributed by atoms with van der Waals surface area (Å²) in [5.41, 5.74) is 9.60. The van der Waals surface area contributed by atoms with Crippen LogP contribution in [0.4, 0.5) is 0 Å². The minimum Gasteiger partial charge on any atom is -0.361 e. The number of aromatic amines is 1. The minimum absolute atomic E-state index is 0.157. The van der Waals surface area contributed by atoms with E-state index < -0.39 is 6.04 Å². The van der Waals surface area contributed by atoms with Crippen molar-refractivity contribution in [2.24, 2.45) is 5.73 Å². The summed E-state index contributed by atoms with van der Waals surface area (Å²) in [5, 5.41) is 4.15. The Balaban J connectivity index is 1.66. The van der Waals surface area contributed by atoms with Gasteiger partial charge in [-0.05, 0) is 41.3 Å². The highest BCUT2D eigenvalue weighted by Gasteiger charge is 2.32. The number of amides is 2. The van der Waals surface area contributed by atoms with Gasteiger partial charge in [0.2, 0.25) is 11.8 Å². The van der Waals surface area contributed by atoms with Gasteiger partial charge in [0.15, 0.2) is 0 Å². The van der Waals surface area contributed by atoms with E-state index >= 15 is 0 Å².